The molecule has 0 aliphatic carbocycles. The molecule has 0 spiro atoms. The zero-order chi connectivity index (χ0) is 13.0. The fourth-order valence-electron chi connectivity index (χ4n) is 1.32. The highest BCUT2D eigenvalue weighted by atomic mass is 16.3. The van der Waals surface area contributed by atoms with Crippen molar-refractivity contribution in [2.45, 2.75) is 0 Å². The summed E-state index contributed by atoms with van der Waals surface area (Å²) in [5, 5.41) is 36.7. The van der Waals surface area contributed by atoms with E-state index in [1.54, 1.807) is 0 Å². The van der Waals surface area contributed by atoms with Crippen LogP contribution in [0.3, 0.4) is 0 Å². The van der Waals surface area contributed by atoms with Gasteiger partial charge in [0.05, 0.1) is 11.8 Å². The number of aliphatic hydroxyl groups excluding tert-OH is 3. The summed E-state index contributed by atoms with van der Waals surface area (Å²) in [7, 11) is 0. The molecule has 0 saturated carbocycles. The van der Waals surface area contributed by atoms with Gasteiger partial charge in [0.1, 0.15) is 0 Å². The van der Waals surface area contributed by atoms with Gasteiger partial charge in [-0.15, -0.1) is 0 Å². The summed E-state index contributed by atoms with van der Waals surface area (Å²) in [4.78, 5) is 11.7. The largest absolute Gasteiger partial charge is 0.505 e. The summed E-state index contributed by atoms with van der Waals surface area (Å²) in [5.41, 5.74) is -0.859. The third-order valence-electron chi connectivity index (χ3n) is 2.10. The van der Waals surface area contributed by atoms with Crippen molar-refractivity contribution in [3.63, 3.8) is 0 Å². The fourth-order valence-corrected chi connectivity index (χ4v) is 1.32. The van der Waals surface area contributed by atoms with E-state index in [9.17, 15) is 15.0 Å². The van der Waals surface area contributed by atoms with Crippen molar-refractivity contribution in [2.24, 2.45) is 0 Å². The SMILES string of the molecule is C=C(O)/C(O)=c1/c(=O)c(O)ccc/c1=C/CO. The Labute approximate surface area is 96.5 Å². The maximum absolute atomic E-state index is 11.7. The second-order valence-electron chi connectivity index (χ2n) is 3.25. The summed E-state index contributed by atoms with van der Waals surface area (Å²) in [6.07, 6.45) is 1.26. The monoisotopic (exact) mass is 236 g/mol. The quantitative estimate of drug-likeness (QED) is 0.507. The number of hydrogen-bond donors (Lipinski definition) is 4. The highest BCUT2D eigenvalue weighted by molar-refractivity contribution is 5.52. The first-order chi connectivity index (χ1) is 7.99. The minimum absolute atomic E-state index is 0.186. The molecular formula is C12H12O5. The van der Waals surface area contributed by atoms with Crippen LogP contribution in [0.15, 0.2) is 35.3 Å². The van der Waals surface area contributed by atoms with Crippen LogP contribution in [-0.4, -0.2) is 27.0 Å². The van der Waals surface area contributed by atoms with Gasteiger partial charge >= 0.3 is 0 Å². The second kappa shape index (κ2) is 5.18. The summed E-state index contributed by atoms with van der Waals surface area (Å²) in [5.74, 6) is -2.01. The van der Waals surface area contributed by atoms with Crippen LogP contribution in [0.4, 0.5) is 0 Å². The number of rotatable bonds is 2. The molecule has 1 aromatic carbocycles. The van der Waals surface area contributed by atoms with Crippen LogP contribution >= 0.6 is 0 Å². The van der Waals surface area contributed by atoms with Gasteiger partial charge in [-0.05, 0) is 11.3 Å². The maximum atomic E-state index is 11.7. The Kier molecular flexibility index (Phi) is 3.90. The molecule has 4 N–H and O–H groups in total. The van der Waals surface area contributed by atoms with Crippen LogP contribution in [0, 0.1) is 0 Å². The fraction of sp³-hybridized carbons (Fsp3) is 0.0833. The minimum Gasteiger partial charge on any atom is -0.505 e. The molecule has 0 saturated heterocycles. The highest BCUT2D eigenvalue weighted by Crippen LogP contribution is 1.96. The van der Waals surface area contributed by atoms with Crippen molar-refractivity contribution < 1.29 is 20.4 Å². The Hall–Kier alpha value is -2.27. The third-order valence-corrected chi connectivity index (χ3v) is 2.10. The van der Waals surface area contributed by atoms with Crippen LogP contribution in [0.2, 0.25) is 0 Å². The van der Waals surface area contributed by atoms with E-state index >= 15 is 0 Å². The van der Waals surface area contributed by atoms with Gasteiger partial charge < -0.3 is 20.4 Å². The van der Waals surface area contributed by atoms with E-state index in [4.69, 9.17) is 10.2 Å². The van der Waals surface area contributed by atoms with E-state index in [1.807, 2.05) is 0 Å². The highest BCUT2D eigenvalue weighted by Gasteiger charge is 2.05. The molecule has 0 amide bonds. The molecule has 1 aromatic rings. The first-order valence-electron chi connectivity index (χ1n) is 4.74. The molecule has 0 unspecified atom stereocenters. The molecule has 0 radical (unpaired) electrons. The van der Waals surface area contributed by atoms with Gasteiger partial charge in [0, 0.05) is 0 Å². The molecule has 0 aromatic heterocycles. The lowest BCUT2D eigenvalue weighted by atomic mass is 10.2. The van der Waals surface area contributed by atoms with Gasteiger partial charge in [0.2, 0.25) is 5.43 Å². The average Bonchev–Trinajstić information content (AvgIpc) is 2.40. The topological polar surface area (TPSA) is 98.0 Å². The molecule has 1 rings (SSSR count). The standard InChI is InChI=1S/C12H12O5/c1-7(14)11(16)10-8(5-6-13)3-2-4-9(15)12(10)17/h2-5,13-16H,1,6H2/b8-5-,11-10-. The minimum atomic E-state index is -0.859. The zero-order valence-electron chi connectivity index (χ0n) is 8.92. The predicted octanol–water partition coefficient (Wildman–Crippen LogP) is -0.737. The van der Waals surface area contributed by atoms with Crippen LogP contribution in [0.25, 0.3) is 11.8 Å². The van der Waals surface area contributed by atoms with Crippen molar-refractivity contribution >= 4 is 11.8 Å². The van der Waals surface area contributed by atoms with E-state index in [-0.39, 0.29) is 17.0 Å². The summed E-state index contributed by atoms with van der Waals surface area (Å²) in [6.45, 7) is 2.74. The Morgan fingerprint density at radius 1 is 1.35 bits per heavy atom. The molecule has 5 heteroatoms. The lowest BCUT2D eigenvalue weighted by Crippen LogP contribution is -2.38. The van der Waals surface area contributed by atoms with Crippen LogP contribution in [0.1, 0.15) is 0 Å². The van der Waals surface area contributed by atoms with Crippen molar-refractivity contribution in [3.8, 4) is 5.75 Å². The zero-order valence-corrected chi connectivity index (χ0v) is 8.92. The summed E-state index contributed by atoms with van der Waals surface area (Å²) >= 11 is 0. The van der Waals surface area contributed by atoms with Gasteiger partial charge in [0.15, 0.2) is 17.3 Å². The van der Waals surface area contributed by atoms with Gasteiger partial charge in [-0.3, -0.25) is 4.79 Å². The van der Waals surface area contributed by atoms with Crippen LogP contribution in [0.5, 0.6) is 5.75 Å². The van der Waals surface area contributed by atoms with Crippen molar-refractivity contribution in [2.75, 3.05) is 6.61 Å². The molecule has 17 heavy (non-hydrogen) atoms. The summed E-state index contributed by atoms with van der Waals surface area (Å²) in [6, 6.07) is 3.94. The van der Waals surface area contributed by atoms with Crippen molar-refractivity contribution in [1.82, 2.24) is 0 Å². The Balaban J connectivity index is 4.07. The molecule has 0 heterocycles. The second-order valence-corrected chi connectivity index (χ2v) is 3.25. The lowest BCUT2D eigenvalue weighted by molar-refractivity contribution is 0.354. The third kappa shape index (κ3) is 2.64. The smallest absolute Gasteiger partial charge is 0.231 e. The van der Waals surface area contributed by atoms with Gasteiger partial charge in [0.25, 0.3) is 0 Å². The van der Waals surface area contributed by atoms with Gasteiger partial charge in [-0.1, -0.05) is 24.8 Å². The van der Waals surface area contributed by atoms with Crippen LogP contribution in [-0.2, 0) is 0 Å². The van der Waals surface area contributed by atoms with E-state index in [2.05, 4.69) is 6.58 Å². The summed E-state index contributed by atoms with van der Waals surface area (Å²) < 4.78 is 0. The molecular weight excluding hydrogens is 224 g/mol. The van der Waals surface area contributed by atoms with Crippen molar-refractivity contribution in [1.29, 1.82) is 0 Å². The molecule has 90 valence electrons. The first kappa shape index (κ1) is 12.8. The van der Waals surface area contributed by atoms with E-state index in [0.717, 1.165) is 6.07 Å². The number of hydrogen-bond acceptors (Lipinski definition) is 5. The van der Waals surface area contributed by atoms with Gasteiger partial charge in [-0.25, -0.2) is 0 Å². The predicted molar refractivity (Wildman–Crippen MR) is 63.0 cm³/mol. The van der Waals surface area contributed by atoms with E-state index in [0.29, 0.717) is 0 Å². The Morgan fingerprint density at radius 3 is 2.53 bits per heavy atom. The molecule has 0 aliphatic rings. The normalized spacial score (nSPS) is 13.4. The van der Waals surface area contributed by atoms with Crippen molar-refractivity contribution in [3.05, 3.63) is 51.2 Å². The van der Waals surface area contributed by atoms with Gasteiger partial charge in [-0.2, -0.15) is 0 Å². The Bertz CT molecular complexity index is 616. The molecule has 0 aliphatic heterocycles. The lowest BCUT2D eigenvalue weighted by Gasteiger charge is -1.95. The average molecular weight is 236 g/mol. The first-order valence-corrected chi connectivity index (χ1v) is 4.74. The number of aromatic hydroxyl groups is 1. The number of aliphatic hydroxyl groups is 3. The maximum Gasteiger partial charge on any atom is 0.231 e. The van der Waals surface area contributed by atoms with E-state index < -0.39 is 22.7 Å². The molecule has 0 fully saturated rings. The van der Waals surface area contributed by atoms with Crippen LogP contribution < -0.4 is 15.9 Å². The van der Waals surface area contributed by atoms with E-state index in [1.165, 1.54) is 18.2 Å². The molecule has 0 bridgehead atoms. The molecule has 0 atom stereocenters. The Morgan fingerprint density at radius 2 is 2.00 bits per heavy atom. The molecule has 5 nitrogen and oxygen atoms in total.